The van der Waals surface area contributed by atoms with Crippen molar-refractivity contribution in [2.75, 3.05) is 0 Å². The first-order valence-corrected chi connectivity index (χ1v) is 6.77. The molecule has 0 atom stereocenters. The van der Waals surface area contributed by atoms with E-state index in [0.29, 0.717) is 12.4 Å². The summed E-state index contributed by atoms with van der Waals surface area (Å²) in [4.78, 5) is 4.49. The second-order valence-corrected chi connectivity index (χ2v) is 5.39. The first-order valence-electron chi connectivity index (χ1n) is 5.96. The number of aryl methyl sites for hydroxylation is 1. The highest BCUT2D eigenvalue weighted by molar-refractivity contribution is 7.18. The Labute approximate surface area is 114 Å². The maximum atomic E-state index is 13.0. The van der Waals surface area contributed by atoms with Crippen LogP contribution in [0.25, 0.3) is 10.2 Å². The smallest absolute Gasteiger partial charge is 0.140 e. The van der Waals surface area contributed by atoms with Crippen LogP contribution in [0, 0.1) is 12.7 Å². The molecule has 1 heterocycles. The third-order valence-electron chi connectivity index (χ3n) is 2.83. The van der Waals surface area contributed by atoms with Gasteiger partial charge in [-0.3, -0.25) is 0 Å². The Bertz CT molecular complexity index is 690. The van der Waals surface area contributed by atoms with Crippen LogP contribution in [0.1, 0.15) is 10.6 Å². The van der Waals surface area contributed by atoms with Gasteiger partial charge in [0, 0.05) is 0 Å². The van der Waals surface area contributed by atoms with Crippen molar-refractivity contribution < 1.29 is 9.13 Å². The van der Waals surface area contributed by atoms with E-state index in [-0.39, 0.29) is 5.82 Å². The second kappa shape index (κ2) is 4.97. The number of benzene rings is 2. The topological polar surface area (TPSA) is 22.1 Å². The number of rotatable bonds is 3. The number of halogens is 1. The van der Waals surface area contributed by atoms with Crippen molar-refractivity contribution in [3.05, 3.63) is 58.9 Å². The van der Waals surface area contributed by atoms with E-state index in [2.05, 4.69) is 4.98 Å². The van der Waals surface area contributed by atoms with Gasteiger partial charge in [0.05, 0.1) is 10.2 Å². The molecule has 4 heteroatoms. The Kier molecular flexibility index (Phi) is 3.17. The van der Waals surface area contributed by atoms with Gasteiger partial charge >= 0.3 is 0 Å². The zero-order chi connectivity index (χ0) is 13.2. The van der Waals surface area contributed by atoms with Crippen molar-refractivity contribution in [2.24, 2.45) is 0 Å². The zero-order valence-electron chi connectivity index (χ0n) is 10.4. The number of thiazole rings is 1. The molecule has 0 aliphatic heterocycles. The summed E-state index contributed by atoms with van der Waals surface area (Å²) in [6, 6.07) is 12.5. The van der Waals surface area contributed by atoms with Crippen LogP contribution in [0.5, 0.6) is 5.75 Å². The minimum absolute atomic E-state index is 0.246. The minimum Gasteiger partial charge on any atom is -0.486 e. The first-order chi connectivity index (χ1) is 9.22. The number of hydrogen-bond donors (Lipinski definition) is 0. The lowest BCUT2D eigenvalue weighted by Gasteiger charge is -2.06. The van der Waals surface area contributed by atoms with E-state index in [1.54, 1.807) is 17.4 Å². The third kappa shape index (κ3) is 2.58. The van der Waals surface area contributed by atoms with E-state index in [4.69, 9.17) is 4.74 Å². The van der Waals surface area contributed by atoms with Crippen LogP contribution in [0.2, 0.25) is 0 Å². The van der Waals surface area contributed by atoms with Gasteiger partial charge in [0.25, 0.3) is 0 Å². The highest BCUT2D eigenvalue weighted by Crippen LogP contribution is 2.24. The molecule has 0 aliphatic carbocycles. The Morgan fingerprint density at radius 2 is 2.05 bits per heavy atom. The lowest BCUT2D eigenvalue weighted by Crippen LogP contribution is -1.96. The molecule has 0 bridgehead atoms. The van der Waals surface area contributed by atoms with E-state index in [1.165, 1.54) is 12.1 Å². The Hall–Kier alpha value is -1.94. The molecule has 0 unspecified atom stereocenters. The first kappa shape index (κ1) is 12.1. The van der Waals surface area contributed by atoms with Crippen molar-refractivity contribution in [3.8, 4) is 5.75 Å². The lowest BCUT2D eigenvalue weighted by atomic mass is 10.2. The molecule has 1 aromatic heterocycles. The Morgan fingerprint density at radius 3 is 2.84 bits per heavy atom. The maximum Gasteiger partial charge on any atom is 0.140 e. The molecule has 0 N–H and O–H groups in total. The summed E-state index contributed by atoms with van der Waals surface area (Å²) in [5.74, 6) is 0.450. The van der Waals surface area contributed by atoms with Crippen molar-refractivity contribution in [2.45, 2.75) is 13.5 Å². The number of nitrogens with zero attached hydrogens (tertiary/aromatic N) is 1. The summed E-state index contributed by atoms with van der Waals surface area (Å²) in [5, 5.41) is 0.921. The minimum atomic E-state index is -0.246. The maximum absolute atomic E-state index is 13.0. The van der Waals surface area contributed by atoms with Gasteiger partial charge < -0.3 is 4.74 Å². The normalized spacial score (nSPS) is 10.8. The third-order valence-corrected chi connectivity index (χ3v) is 3.84. The standard InChI is InChI=1S/C15H12FNOS/c1-10-8-11(16)6-7-13(10)18-9-15-17-12-4-2-3-5-14(12)19-15/h2-8H,9H2,1H3. The van der Waals surface area contributed by atoms with Crippen LogP contribution in [0.4, 0.5) is 4.39 Å². The van der Waals surface area contributed by atoms with Gasteiger partial charge in [0.1, 0.15) is 23.2 Å². The number of hydrogen-bond acceptors (Lipinski definition) is 3. The van der Waals surface area contributed by atoms with E-state index in [0.717, 1.165) is 20.8 Å². The number of aromatic nitrogens is 1. The predicted octanol–water partition coefficient (Wildman–Crippen LogP) is 4.32. The number of fused-ring (bicyclic) bond motifs is 1. The van der Waals surface area contributed by atoms with Crippen LogP contribution in [0.3, 0.4) is 0 Å². The lowest BCUT2D eigenvalue weighted by molar-refractivity contribution is 0.303. The van der Waals surface area contributed by atoms with E-state index in [9.17, 15) is 4.39 Å². The van der Waals surface area contributed by atoms with Gasteiger partial charge in [0.2, 0.25) is 0 Å². The molecule has 3 aromatic rings. The van der Waals surface area contributed by atoms with Crippen LogP contribution < -0.4 is 4.74 Å². The van der Waals surface area contributed by atoms with Gasteiger partial charge in [0.15, 0.2) is 0 Å². The molecule has 96 valence electrons. The van der Waals surface area contributed by atoms with Crippen molar-refractivity contribution in [3.63, 3.8) is 0 Å². The zero-order valence-corrected chi connectivity index (χ0v) is 11.2. The molecule has 0 amide bonds. The fraction of sp³-hybridized carbons (Fsp3) is 0.133. The molecular weight excluding hydrogens is 261 g/mol. The monoisotopic (exact) mass is 273 g/mol. The van der Waals surface area contributed by atoms with Gasteiger partial charge in [-0.05, 0) is 42.8 Å². The highest BCUT2D eigenvalue weighted by Gasteiger charge is 2.05. The summed E-state index contributed by atoms with van der Waals surface area (Å²) >= 11 is 1.62. The fourth-order valence-corrected chi connectivity index (χ4v) is 2.78. The molecule has 0 saturated heterocycles. The van der Waals surface area contributed by atoms with Gasteiger partial charge in [-0.25, -0.2) is 9.37 Å². The average molecular weight is 273 g/mol. The van der Waals surface area contributed by atoms with Crippen LogP contribution >= 0.6 is 11.3 Å². The van der Waals surface area contributed by atoms with E-state index in [1.807, 2.05) is 31.2 Å². The van der Waals surface area contributed by atoms with Crippen molar-refractivity contribution >= 4 is 21.6 Å². The quantitative estimate of drug-likeness (QED) is 0.709. The SMILES string of the molecule is Cc1cc(F)ccc1OCc1nc2ccccc2s1. The summed E-state index contributed by atoms with van der Waals surface area (Å²) in [6.45, 7) is 2.24. The molecule has 0 aliphatic rings. The van der Waals surface area contributed by atoms with Gasteiger partial charge in [-0.15, -0.1) is 11.3 Å². The molecule has 0 fully saturated rings. The average Bonchev–Trinajstić information content (AvgIpc) is 2.80. The second-order valence-electron chi connectivity index (χ2n) is 4.27. The molecule has 0 spiro atoms. The van der Waals surface area contributed by atoms with Gasteiger partial charge in [-0.2, -0.15) is 0 Å². The van der Waals surface area contributed by atoms with Gasteiger partial charge in [-0.1, -0.05) is 12.1 Å². The molecule has 19 heavy (non-hydrogen) atoms. The molecule has 3 rings (SSSR count). The Morgan fingerprint density at radius 1 is 1.21 bits per heavy atom. The number of para-hydroxylation sites is 1. The fourth-order valence-electron chi connectivity index (χ4n) is 1.90. The van der Waals surface area contributed by atoms with Crippen molar-refractivity contribution in [1.82, 2.24) is 4.98 Å². The largest absolute Gasteiger partial charge is 0.486 e. The van der Waals surface area contributed by atoms with Crippen molar-refractivity contribution in [1.29, 1.82) is 0 Å². The van der Waals surface area contributed by atoms with E-state index < -0.39 is 0 Å². The summed E-state index contributed by atoms with van der Waals surface area (Å²) < 4.78 is 19.8. The molecule has 2 nitrogen and oxygen atoms in total. The molecule has 0 saturated carbocycles. The van der Waals surface area contributed by atoms with E-state index >= 15 is 0 Å². The summed E-state index contributed by atoms with van der Waals surface area (Å²) in [5.41, 5.74) is 1.78. The summed E-state index contributed by atoms with van der Waals surface area (Å²) in [7, 11) is 0. The Balaban J connectivity index is 1.78. The molecule has 0 radical (unpaired) electrons. The van der Waals surface area contributed by atoms with Crippen LogP contribution in [-0.4, -0.2) is 4.98 Å². The number of ether oxygens (including phenoxy) is 1. The predicted molar refractivity (Wildman–Crippen MR) is 75.1 cm³/mol. The summed E-state index contributed by atoms with van der Waals surface area (Å²) in [6.07, 6.45) is 0. The highest BCUT2D eigenvalue weighted by atomic mass is 32.1. The van der Waals surface area contributed by atoms with Crippen LogP contribution in [0.15, 0.2) is 42.5 Å². The van der Waals surface area contributed by atoms with Crippen LogP contribution in [-0.2, 0) is 6.61 Å². The molecular formula is C15H12FNOS. The molecule has 2 aromatic carbocycles.